The molecule has 3 nitrogen and oxygen atoms in total. The minimum absolute atomic E-state index is 0.786. The molecule has 3 heterocycles. The predicted octanol–water partition coefficient (Wildman–Crippen LogP) is 1.67. The smallest absolute Gasteiger partial charge is 0.0583 e. The van der Waals surface area contributed by atoms with Crippen LogP contribution in [0.4, 0.5) is 5.69 Å². The molecule has 0 aromatic carbocycles. The zero-order chi connectivity index (χ0) is 11.0. The Morgan fingerprint density at radius 2 is 2.25 bits per heavy atom. The topological polar surface area (TPSA) is 19.4 Å². The minimum atomic E-state index is 0.786. The molecule has 16 heavy (non-hydrogen) atoms. The summed E-state index contributed by atoms with van der Waals surface area (Å²) in [6.07, 6.45) is 6.64. The molecule has 0 spiro atoms. The summed E-state index contributed by atoms with van der Waals surface area (Å²) in [5.74, 6) is 0. The van der Waals surface area contributed by atoms with Crippen LogP contribution in [0.15, 0.2) is 18.5 Å². The number of hydrogen-bond acceptors (Lipinski definition) is 3. The summed E-state index contributed by atoms with van der Waals surface area (Å²) in [4.78, 5) is 9.40. The Balaban J connectivity index is 1.79. The van der Waals surface area contributed by atoms with Crippen LogP contribution in [-0.2, 0) is 0 Å². The van der Waals surface area contributed by atoms with Crippen LogP contribution >= 0.6 is 0 Å². The summed E-state index contributed by atoms with van der Waals surface area (Å²) < 4.78 is 0. The number of hydrogen-bond donors (Lipinski definition) is 0. The second-order valence-corrected chi connectivity index (χ2v) is 4.94. The maximum atomic E-state index is 4.25. The number of nitrogens with zero attached hydrogens (tertiary/aromatic N) is 3. The zero-order valence-electron chi connectivity index (χ0n) is 9.89. The van der Waals surface area contributed by atoms with Crippen LogP contribution in [0.5, 0.6) is 0 Å². The zero-order valence-corrected chi connectivity index (χ0v) is 9.89. The second kappa shape index (κ2) is 4.06. The molecule has 1 aromatic rings. The van der Waals surface area contributed by atoms with E-state index < -0.39 is 0 Å². The Kier molecular flexibility index (Phi) is 2.56. The Hall–Kier alpha value is -1.09. The van der Waals surface area contributed by atoms with Gasteiger partial charge < -0.3 is 4.90 Å². The minimum Gasteiger partial charge on any atom is -0.367 e. The van der Waals surface area contributed by atoms with Crippen molar-refractivity contribution in [3.05, 3.63) is 24.0 Å². The van der Waals surface area contributed by atoms with Crippen molar-refractivity contribution in [3.63, 3.8) is 0 Å². The largest absolute Gasteiger partial charge is 0.367 e. The van der Waals surface area contributed by atoms with E-state index >= 15 is 0 Å². The SMILES string of the molecule is Cc1ccncc1N1CCN2CCCC2C1. The highest BCUT2D eigenvalue weighted by molar-refractivity contribution is 5.51. The first-order valence-electron chi connectivity index (χ1n) is 6.24. The van der Waals surface area contributed by atoms with E-state index in [-0.39, 0.29) is 0 Å². The van der Waals surface area contributed by atoms with Crippen LogP contribution in [-0.4, -0.2) is 42.1 Å². The molecule has 0 radical (unpaired) electrons. The fourth-order valence-corrected chi connectivity index (χ4v) is 3.00. The summed E-state index contributed by atoms with van der Waals surface area (Å²) in [6.45, 7) is 7.05. The Bertz CT molecular complexity index is 377. The first-order valence-corrected chi connectivity index (χ1v) is 6.24. The van der Waals surface area contributed by atoms with E-state index in [9.17, 15) is 0 Å². The van der Waals surface area contributed by atoms with E-state index in [4.69, 9.17) is 0 Å². The van der Waals surface area contributed by atoms with Gasteiger partial charge in [-0.05, 0) is 37.9 Å². The number of aryl methyl sites for hydroxylation is 1. The summed E-state index contributed by atoms with van der Waals surface area (Å²) in [6, 6.07) is 2.89. The normalized spacial score (nSPS) is 25.8. The van der Waals surface area contributed by atoms with Gasteiger partial charge in [0.15, 0.2) is 0 Å². The molecule has 0 N–H and O–H groups in total. The van der Waals surface area contributed by atoms with Crippen LogP contribution in [0, 0.1) is 6.92 Å². The molecule has 3 rings (SSSR count). The monoisotopic (exact) mass is 217 g/mol. The molecule has 86 valence electrons. The van der Waals surface area contributed by atoms with Gasteiger partial charge in [-0.3, -0.25) is 9.88 Å². The number of rotatable bonds is 1. The summed E-state index contributed by atoms with van der Waals surface area (Å²) >= 11 is 0. The number of pyridine rings is 1. The van der Waals surface area contributed by atoms with Crippen LogP contribution < -0.4 is 4.90 Å². The summed E-state index contributed by atoms with van der Waals surface area (Å²) in [5, 5.41) is 0. The van der Waals surface area contributed by atoms with Crippen LogP contribution in [0.25, 0.3) is 0 Å². The van der Waals surface area contributed by atoms with Crippen molar-refractivity contribution in [2.24, 2.45) is 0 Å². The van der Waals surface area contributed by atoms with Gasteiger partial charge in [0.05, 0.1) is 11.9 Å². The molecule has 2 fully saturated rings. The van der Waals surface area contributed by atoms with Crippen molar-refractivity contribution in [2.75, 3.05) is 31.1 Å². The van der Waals surface area contributed by atoms with E-state index in [1.807, 2.05) is 12.4 Å². The fourth-order valence-electron chi connectivity index (χ4n) is 3.00. The van der Waals surface area contributed by atoms with Gasteiger partial charge in [-0.1, -0.05) is 0 Å². The Morgan fingerprint density at radius 1 is 1.31 bits per heavy atom. The summed E-state index contributed by atoms with van der Waals surface area (Å²) in [5.41, 5.74) is 2.68. The van der Waals surface area contributed by atoms with E-state index in [1.165, 1.54) is 43.7 Å². The number of anilines is 1. The third kappa shape index (κ3) is 1.69. The highest BCUT2D eigenvalue weighted by Gasteiger charge is 2.30. The van der Waals surface area contributed by atoms with Crippen LogP contribution in [0.3, 0.4) is 0 Å². The van der Waals surface area contributed by atoms with Crippen LogP contribution in [0.2, 0.25) is 0 Å². The maximum Gasteiger partial charge on any atom is 0.0583 e. The van der Waals surface area contributed by atoms with E-state index in [0.29, 0.717) is 0 Å². The summed E-state index contributed by atoms with van der Waals surface area (Å²) in [7, 11) is 0. The second-order valence-electron chi connectivity index (χ2n) is 4.94. The van der Waals surface area contributed by atoms with Gasteiger partial charge in [-0.2, -0.15) is 0 Å². The number of aromatic nitrogens is 1. The van der Waals surface area contributed by atoms with Gasteiger partial charge in [0, 0.05) is 31.9 Å². The molecule has 2 aliphatic rings. The van der Waals surface area contributed by atoms with Crippen molar-refractivity contribution in [1.82, 2.24) is 9.88 Å². The van der Waals surface area contributed by atoms with E-state index in [2.05, 4.69) is 27.8 Å². The molecule has 0 aliphatic carbocycles. The first-order chi connectivity index (χ1) is 7.84. The molecule has 1 atom stereocenters. The third-order valence-electron chi connectivity index (χ3n) is 3.94. The molecule has 3 heteroatoms. The molecular formula is C13H19N3. The van der Waals surface area contributed by atoms with Gasteiger partial charge in [-0.25, -0.2) is 0 Å². The molecular weight excluding hydrogens is 198 g/mol. The Morgan fingerprint density at radius 3 is 3.12 bits per heavy atom. The van der Waals surface area contributed by atoms with Gasteiger partial charge in [-0.15, -0.1) is 0 Å². The highest BCUT2D eigenvalue weighted by atomic mass is 15.3. The molecule has 2 aliphatic heterocycles. The Labute approximate surface area is 97.1 Å². The maximum absolute atomic E-state index is 4.25. The average Bonchev–Trinajstić information content (AvgIpc) is 2.76. The molecule has 0 saturated carbocycles. The van der Waals surface area contributed by atoms with Crippen molar-refractivity contribution < 1.29 is 0 Å². The van der Waals surface area contributed by atoms with Gasteiger partial charge in [0.25, 0.3) is 0 Å². The van der Waals surface area contributed by atoms with Gasteiger partial charge in [0.2, 0.25) is 0 Å². The highest BCUT2D eigenvalue weighted by Crippen LogP contribution is 2.26. The average molecular weight is 217 g/mol. The van der Waals surface area contributed by atoms with Crippen molar-refractivity contribution in [3.8, 4) is 0 Å². The lowest BCUT2D eigenvalue weighted by atomic mass is 10.1. The first kappa shape index (κ1) is 10.1. The van der Waals surface area contributed by atoms with Crippen LogP contribution in [0.1, 0.15) is 18.4 Å². The standard InChI is InChI=1S/C13H19N3/c1-11-4-5-14-9-13(11)16-8-7-15-6-2-3-12(15)10-16/h4-5,9,12H,2-3,6-8,10H2,1H3. The predicted molar refractivity (Wildman–Crippen MR) is 65.8 cm³/mol. The molecule has 1 unspecified atom stereocenters. The van der Waals surface area contributed by atoms with Gasteiger partial charge >= 0.3 is 0 Å². The van der Waals surface area contributed by atoms with E-state index in [1.54, 1.807) is 0 Å². The van der Waals surface area contributed by atoms with Crippen molar-refractivity contribution in [1.29, 1.82) is 0 Å². The lowest BCUT2D eigenvalue weighted by molar-refractivity contribution is 0.231. The van der Waals surface area contributed by atoms with E-state index in [0.717, 1.165) is 12.6 Å². The van der Waals surface area contributed by atoms with Crippen molar-refractivity contribution >= 4 is 5.69 Å². The lowest BCUT2D eigenvalue weighted by Gasteiger charge is -2.39. The van der Waals surface area contributed by atoms with Gasteiger partial charge in [0.1, 0.15) is 0 Å². The molecule has 0 amide bonds. The molecule has 0 bridgehead atoms. The number of fused-ring (bicyclic) bond motifs is 1. The molecule has 1 aromatic heterocycles. The lowest BCUT2D eigenvalue weighted by Crippen LogP contribution is -2.50. The fraction of sp³-hybridized carbons (Fsp3) is 0.615. The quantitative estimate of drug-likeness (QED) is 0.713. The third-order valence-corrected chi connectivity index (χ3v) is 3.94. The van der Waals surface area contributed by atoms with Crippen molar-refractivity contribution in [2.45, 2.75) is 25.8 Å². The number of piperazine rings is 1. The molecule has 2 saturated heterocycles.